The summed E-state index contributed by atoms with van der Waals surface area (Å²) in [4.78, 5) is 31.7. The van der Waals surface area contributed by atoms with E-state index in [2.05, 4.69) is 51.2 Å². The summed E-state index contributed by atoms with van der Waals surface area (Å²) in [5.74, 6) is 1.88. The number of benzene rings is 4. The number of nitrogens with zero attached hydrogens (tertiary/aromatic N) is 8. The minimum atomic E-state index is -3.78. The Kier molecular flexibility index (Phi) is 12.5. The van der Waals surface area contributed by atoms with Gasteiger partial charge in [-0.3, -0.25) is 0 Å². The molecule has 4 heterocycles. The van der Waals surface area contributed by atoms with E-state index in [0.717, 1.165) is 23.9 Å². The minimum Gasteiger partial charge on any atom is -0.378 e. The highest BCUT2D eigenvalue weighted by Gasteiger charge is 2.21. The number of aromatic nitrogens is 6. The summed E-state index contributed by atoms with van der Waals surface area (Å²) in [6.45, 7) is 4.49. The van der Waals surface area contributed by atoms with Crippen LogP contribution >= 0.6 is 0 Å². The van der Waals surface area contributed by atoms with Crippen molar-refractivity contribution in [3.8, 4) is 0 Å². The largest absolute Gasteiger partial charge is 0.378 e. The Bertz CT molecular complexity index is 2600. The third-order valence-electron chi connectivity index (χ3n) is 9.68. The van der Waals surface area contributed by atoms with Gasteiger partial charge in [-0.1, -0.05) is 60.7 Å². The van der Waals surface area contributed by atoms with Gasteiger partial charge >= 0.3 is 0 Å². The Hall–Kier alpha value is -6.74. The summed E-state index contributed by atoms with van der Waals surface area (Å²) >= 11 is 0. The zero-order valence-corrected chi connectivity index (χ0v) is 35.5. The van der Waals surface area contributed by atoms with Crippen LogP contribution in [0.3, 0.4) is 0 Å². The molecule has 2 fully saturated rings. The first-order valence-electron chi connectivity index (χ1n) is 19.6. The average Bonchev–Trinajstić information content (AvgIpc) is 3.27. The summed E-state index contributed by atoms with van der Waals surface area (Å²) in [5, 5.41) is 12.7. The number of hydrogen-bond donors (Lipinski definition) is 4. The molecular formula is C42H44N12O6S2. The Morgan fingerprint density at radius 2 is 0.806 bits per heavy atom. The van der Waals surface area contributed by atoms with Crippen LogP contribution in [0, 0.1) is 0 Å². The van der Waals surface area contributed by atoms with Crippen LogP contribution in [0.25, 0.3) is 12.2 Å². The summed E-state index contributed by atoms with van der Waals surface area (Å²) in [5.41, 5.74) is 3.08. The number of anilines is 10. The summed E-state index contributed by atoms with van der Waals surface area (Å²) in [6.07, 6.45) is 5.36. The first kappa shape index (κ1) is 42.0. The number of hydrogen-bond acceptors (Lipinski definition) is 18. The highest BCUT2D eigenvalue weighted by Crippen LogP contribution is 2.29. The van der Waals surface area contributed by atoms with E-state index in [4.69, 9.17) is 9.47 Å². The monoisotopic (exact) mass is 876 g/mol. The van der Waals surface area contributed by atoms with Crippen molar-refractivity contribution in [1.29, 1.82) is 0 Å². The van der Waals surface area contributed by atoms with Gasteiger partial charge in [0.1, 0.15) is 0 Å². The van der Waals surface area contributed by atoms with Crippen LogP contribution < -0.4 is 31.1 Å². The maximum absolute atomic E-state index is 13.2. The predicted octanol–water partition coefficient (Wildman–Crippen LogP) is 5.68. The molecule has 8 rings (SSSR count). The Morgan fingerprint density at radius 1 is 0.468 bits per heavy atom. The fourth-order valence-electron chi connectivity index (χ4n) is 6.64. The third kappa shape index (κ3) is 10.8. The van der Waals surface area contributed by atoms with Crippen LogP contribution in [0.15, 0.2) is 107 Å². The lowest BCUT2D eigenvalue weighted by Gasteiger charge is -2.27. The van der Waals surface area contributed by atoms with E-state index < -0.39 is 19.7 Å². The van der Waals surface area contributed by atoms with Crippen LogP contribution in [-0.4, -0.2) is 112 Å². The van der Waals surface area contributed by atoms with Crippen LogP contribution in [-0.2, 0) is 29.1 Å². The predicted molar refractivity (Wildman–Crippen MR) is 240 cm³/mol. The summed E-state index contributed by atoms with van der Waals surface area (Å²) in [6, 6.07) is 28.6. The zero-order valence-electron chi connectivity index (χ0n) is 33.9. The minimum absolute atomic E-state index is 0.00820. The van der Waals surface area contributed by atoms with Gasteiger partial charge in [-0.05, 0) is 59.7 Å². The molecule has 2 aliphatic heterocycles. The third-order valence-corrected chi connectivity index (χ3v) is 12.0. The molecule has 0 unspecified atom stereocenters. The van der Waals surface area contributed by atoms with Gasteiger partial charge in [-0.25, -0.2) is 16.8 Å². The fourth-order valence-corrected chi connectivity index (χ4v) is 8.45. The molecule has 2 aliphatic rings. The summed E-state index contributed by atoms with van der Waals surface area (Å²) in [7, 11) is -7.57. The van der Waals surface area contributed by atoms with Gasteiger partial charge in [0, 0.05) is 61.4 Å². The van der Waals surface area contributed by atoms with E-state index in [1.807, 2.05) is 70.5 Å². The van der Waals surface area contributed by atoms with Crippen molar-refractivity contribution in [1.82, 2.24) is 29.9 Å². The van der Waals surface area contributed by atoms with Crippen LogP contribution in [0.2, 0.25) is 0 Å². The van der Waals surface area contributed by atoms with Crippen LogP contribution in [0.4, 0.5) is 58.4 Å². The van der Waals surface area contributed by atoms with Gasteiger partial charge < -0.3 is 40.5 Å². The molecule has 18 nitrogen and oxygen atoms in total. The molecule has 62 heavy (non-hydrogen) atoms. The molecular weight excluding hydrogens is 833 g/mol. The molecule has 4 aromatic carbocycles. The number of ether oxygens (including phenoxy) is 2. The standard InChI is InChI=1S/C42H44N12O6S2/c1-61(55,56)35-27-33(45-39-47-37(43-31-9-5-3-6-10-31)49-41(51-39)53-19-23-59-24-20-53)17-15-29(35)13-14-30-16-18-34(28-36(30)62(2,57)58)46-40-48-38(44-32-11-7-4-8-12-32)50-42(52-40)54-21-25-60-26-22-54/h3-18,27-28H,19-26H2,1-2H3,(H2,43,45,47,49,51)(H2,44,46,48,50,52)/b14-13+. The molecule has 0 atom stereocenters. The quantitative estimate of drug-likeness (QED) is 0.0967. The van der Waals surface area contributed by atoms with Gasteiger partial charge in [0.05, 0.1) is 36.2 Å². The lowest BCUT2D eigenvalue weighted by atomic mass is 10.1. The Morgan fingerprint density at radius 3 is 1.15 bits per heavy atom. The molecule has 4 N–H and O–H groups in total. The average molecular weight is 877 g/mol. The molecule has 0 saturated carbocycles. The smallest absolute Gasteiger partial charge is 0.233 e. The second kappa shape index (κ2) is 18.5. The first-order valence-corrected chi connectivity index (χ1v) is 23.4. The maximum atomic E-state index is 13.2. The molecule has 0 radical (unpaired) electrons. The van der Waals surface area contributed by atoms with Crippen molar-refractivity contribution in [2.75, 3.05) is 96.2 Å². The molecule has 2 saturated heterocycles. The summed E-state index contributed by atoms with van der Waals surface area (Å²) < 4.78 is 63.9. The molecule has 0 bridgehead atoms. The Balaban J connectivity index is 1.06. The van der Waals surface area contributed by atoms with Crippen LogP contribution in [0.1, 0.15) is 11.1 Å². The van der Waals surface area contributed by atoms with E-state index >= 15 is 0 Å². The molecule has 6 aromatic rings. The molecule has 0 aliphatic carbocycles. The maximum Gasteiger partial charge on any atom is 0.233 e. The normalized spacial score (nSPS) is 14.7. The number of para-hydroxylation sites is 2. The lowest BCUT2D eigenvalue weighted by molar-refractivity contribution is 0.122. The second-order valence-electron chi connectivity index (χ2n) is 14.4. The van der Waals surface area contributed by atoms with E-state index in [1.165, 1.54) is 12.1 Å². The van der Waals surface area contributed by atoms with Gasteiger partial charge in [0.2, 0.25) is 35.7 Å². The highest BCUT2D eigenvalue weighted by atomic mass is 32.2. The molecule has 320 valence electrons. The van der Waals surface area contributed by atoms with Gasteiger partial charge in [0.25, 0.3) is 0 Å². The van der Waals surface area contributed by atoms with Crippen molar-refractivity contribution >= 4 is 90.3 Å². The number of nitrogens with one attached hydrogen (secondary N) is 4. The molecule has 0 spiro atoms. The van der Waals surface area contributed by atoms with Gasteiger partial charge in [-0.2, -0.15) is 29.9 Å². The van der Waals surface area contributed by atoms with Crippen molar-refractivity contribution in [3.05, 3.63) is 108 Å². The first-order chi connectivity index (χ1) is 29.9. The fraction of sp³-hybridized carbons (Fsp3) is 0.238. The number of rotatable bonds is 14. The van der Waals surface area contributed by atoms with Crippen molar-refractivity contribution in [2.45, 2.75) is 9.79 Å². The van der Waals surface area contributed by atoms with Crippen molar-refractivity contribution in [3.63, 3.8) is 0 Å². The molecule has 20 heteroatoms. The lowest BCUT2D eigenvalue weighted by Crippen LogP contribution is -2.37. The number of sulfone groups is 2. The van der Waals surface area contributed by atoms with E-state index in [0.29, 0.717) is 98.9 Å². The molecule has 2 aromatic heterocycles. The van der Waals surface area contributed by atoms with Crippen molar-refractivity contribution < 1.29 is 26.3 Å². The van der Waals surface area contributed by atoms with E-state index in [-0.39, 0.29) is 21.7 Å². The second-order valence-corrected chi connectivity index (χ2v) is 18.3. The molecule has 0 amide bonds. The van der Waals surface area contributed by atoms with Gasteiger partial charge in [-0.15, -0.1) is 0 Å². The topological polar surface area (TPSA) is 219 Å². The van der Waals surface area contributed by atoms with Crippen molar-refractivity contribution in [2.24, 2.45) is 0 Å². The van der Waals surface area contributed by atoms with E-state index in [1.54, 1.807) is 36.4 Å². The highest BCUT2D eigenvalue weighted by molar-refractivity contribution is 7.91. The van der Waals surface area contributed by atoms with E-state index in [9.17, 15) is 16.8 Å². The van der Waals surface area contributed by atoms with Gasteiger partial charge in [0.15, 0.2) is 19.7 Å². The Labute approximate surface area is 359 Å². The zero-order chi connectivity index (χ0) is 43.1. The van der Waals surface area contributed by atoms with Crippen LogP contribution in [0.5, 0.6) is 0 Å². The number of morpholine rings is 2. The SMILES string of the molecule is CS(=O)(=O)c1cc(Nc2nc(Nc3ccccc3)nc(N3CCOCC3)n2)ccc1/C=C/c1ccc(Nc2nc(Nc3ccccc3)nc(N3CCOCC3)n2)cc1S(C)(=O)=O.